The maximum atomic E-state index is 4.00. The molecule has 0 fully saturated rings. The van der Waals surface area contributed by atoms with Crippen LogP contribution >= 0.6 is 0 Å². The van der Waals surface area contributed by atoms with Crippen LogP contribution in [0.25, 0.3) is 0 Å². The minimum atomic E-state index is 1.10. The average Bonchev–Trinajstić information content (AvgIpc) is 2.01. The molecule has 0 aliphatic rings. The van der Waals surface area contributed by atoms with Gasteiger partial charge in [-0.05, 0) is 19.3 Å². The van der Waals surface area contributed by atoms with E-state index in [1.807, 2.05) is 0 Å². The Labute approximate surface area is 77.4 Å². The highest BCUT2D eigenvalue weighted by Gasteiger charge is 1.97. The molecule has 0 aliphatic heterocycles. The summed E-state index contributed by atoms with van der Waals surface area (Å²) in [4.78, 5) is 0. The molecule has 0 saturated carbocycles. The third kappa shape index (κ3) is 6.21. The van der Waals surface area contributed by atoms with Crippen molar-refractivity contribution < 1.29 is 0 Å². The van der Waals surface area contributed by atoms with Gasteiger partial charge in [-0.15, -0.1) is 0 Å². The van der Waals surface area contributed by atoms with Crippen molar-refractivity contribution in [3.05, 3.63) is 30.7 Å². The molecule has 0 aromatic heterocycles. The molecule has 0 saturated heterocycles. The van der Waals surface area contributed by atoms with Crippen molar-refractivity contribution in [2.75, 3.05) is 0 Å². The van der Waals surface area contributed by atoms with Gasteiger partial charge in [-0.2, -0.15) is 0 Å². The Hall–Kier alpha value is -0.520. The van der Waals surface area contributed by atoms with Crippen LogP contribution in [0.1, 0.15) is 46.0 Å². The SMILES string of the molecule is C=C([CH]C(=C)CCCC)CCC. The molecule has 0 bridgehead atoms. The van der Waals surface area contributed by atoms with Gasteiger partial charge in [0.15, 0.2) is 0 Å². The first-order chi connectivity index (χ1) is 5.70. The van der Waals surface area contributed by atoms with Crippen molar-refractivity contribution in [3.63, 3.8) is 0 Å². The van der Waals surface area contributed by atoms with Crippen LogP contribution < -0.4 is 0 Å². The van der Waals surface area contributed by atoms with E-state index in [1.165, 1.54) is 30.4 Å². The average molecular weight is 165 g/mol. The van der Waals surface area contributed by atoms with Gasteiger partial charge in [0.05, 0.1) is 0 Å². The molecule has 0 nitrogen and oxygen atoms in total. The van der Waals surface area contributed by atoms with Gasteiger partial charge in [0.2, 0.25) is 0 Å². The van der Waals surface area contributed by atoms with E-state index >= 15 is 0 Å². The minimum absolute atomic E-state index is 1.10. The minimum Gasteiger partial charge on any atom is -0.0992 e. The fourth-order valence-corrected chi connectivity index (χ4v) is 1.16. The summed E-state index contributed by atoms with van der Waals surface area (Å²) in [6.07, 6.45) is 8.03. The first-order valence-corrected chi connectivity index (χ1v) is 4.91. The summed E-state index contributed by atoms with van der Waals surface area (Å²) in [5.74, 6) is 0. The highest BCUT2D eigenvalue weighted by molar-refractivity contribution is 5.24. The van der Waals surface area contributed by atoms with E-state index in [0.29, 0.717) is 0 Å². The van der Waals surface area contributed by atoms with Gasteiger partial charge in [-0.3, -0.25) is 0 Å². The van der Waals surface area contributed by atoms with Crippen molar-refractivity contribution in [2.45, 2.75) is 46.0 Å². The van der Waals surface area contributed by atoms with E-state index in [1.54, 1.807) is 0 Å². The Morgan fingerprint density at radius 1 is 1.00 bits per heavy atom. The largest absolute Gasteiger partial charge is 0.0992 e. The van der Waals surface area contributed by atoms with Crippen LogP contribution in [-0.4, -0.2) is 0 Å². The predicted octanol–water partition coefficient (Wildman–Crippen LogP) is 4.29. The van der Waals surface area contributed by atoms with Crippen molar-refractivity contribution in [1.29, 1.82) is 0 Å². The number of rotatable bonds is 7. The van der Waals surface area contributed by atoms with Crippen molar-refractivity contribution in [2.24, 2.45) is 0 Å². The lowest BCUT2D eigenvalue weighted by molar-refractivity contribution is 0.789. The summed E-state index contributed by atoms with van der Waals surface area (Å²) in [7, 11) is 0. The van der Waals surface area contributed by atoms with E-state index < -0.39 is 0 Å². The van der Waals surface area contributed by atoms with Gasteiger partial charge >= 0.3 is 0 Å². The number of unbranched alkanes of at least 4 members (excludes halogenated alkanes) is 1. The van der Waals surface area contributed by atoms with Crippen LogP contribution in [0.2, 0.25) is 0 Å². The second kappa shape index (κ2) is 7.15. The normalized spacial score (nSPS) is 9.83. The molecular formula is C12H21. The zero-order valence-corrected chi connectivity index (χ0v) is 8.53. The Morgan fingerprint density at radius 2 is 1.58 bits per heavy atom. The van der Waals surface area contributed by atoms with Gasteiger partial charge < -0.3 is 0 Å². The predicted molar refractivity (Wildman–Crippen MR) is 57.0 cm³/mol. The molecule has 0 aromatic carbocycles. The molecule has 0 heteroatoms. The molecule has 69 valence electrons. The third-order valence-corrected chi connectivity index (χ3v) is 1.83. The Bertz CT molecular complexity index is 142. The van der Waals surface area contributed by atoms with Crippen LogP contribution in [0.3, 0.4) is 0 Å². The van der Waals surface area contributed by atoms with Crippen LogP contribution in [0.4, 0.5) is 0 Å². The molecule has 0 heterocycles. The first kappa shape index (κ1) is 11.5. The Morgan fingerprint density at radius 3 is 2.08 bits per heavy atom. The van der Waals surface area contributed by atoms with Gasteiger partial charge in [-0.1, -0.05) is 51.0 Å². The second-order valence-electron chi connectivity index (χ2n) is 3.31. The number of allylic oxidation sites excluding steroid dienone is 2. The first-order valence-electron chi connectivity index (χ1n) is 4.91. The highest BCUT2D eigenvalue weighted by atomic mass is 14.0. The molecule has 12 heavy (non-hydrogen) atoms. The second-order valence-corrected chi connectivity index (χ2v) is 3.31. The monoisotopic (exact) mass is 165 g/mol. The quantitative estimate of drug-likeness (QED) is 0.528. The molecule has 0 N–H and O–H groups in total. The Balaban J connectivity index is 3.47. The standard InChI is InChI=1S/C12H21/c1-5-7-9-12(4)10-11(3)8-6-2/h10H,3-9H2,1-2H3. The molecule has 0 spiro atoms. The topological polar surface area (TPSA) is 0 Å². The van der Waals surface area contributed by atoms with Crippen LogP contribution in [0.5, 0.6) is 0 Å². The maximum Gasteiger partial charge on any atom is 0.0104 e. The lowest BCUT2D eigenvalue weighted by Gasteiger charge is -2.05. The number of hydrogen-bond acceptors (Lipinski definition) is 0. The molecular weight excluding hydrogens is 144 g/mol. The molecule has 0 unspecified atom stereocenters. The lowest BCUT2D eigenvalue weighted by Crippen LogP contribution is -1.87. The van der Waals surface area contributed by atoms with Crippen molar-refractivity contribution in [3.8, 4) is 0 Å². The van der Waals surface area contributed by atoms with Gasteiger partial charge in [-0.25, -0.2) is 0 Å². The third-order valence-electron chi connectivity index (χ3n) is 1.83. The molecule has 0 rings (SSSR count). The summed E-state index contributed by atoms with van der Waals surface area (Å²) in [5.41, 5.74) is 2.45. The van der Waals surface area contributed by atoms with Gasteiger partial charge in [0.1, 0.15) is 0 Å². The summed E-state index contributed by atoms with van der Waals surface area (Å²) in [6, 6.07) is 0. The molecule has 0 atom stereocenters. The van der Waals surface area contributed by atoms with E-state index in [4.69, 9.17) is 0 Å². The van der Waals surface area contributed by atoms with E-state index in [-0.39, 0.29) is 0 Å². The van der Waals surface area contributed by atoms with Crippen LogP contribution in [-0.2, 0) is 0 Å². The van der Waals surface area contributed by atoms with Crippen molar-refractivity contribution in [1.82, 2.24) is 0 Å². The maximum absolute atomic E-state index is 4.00. The zero-order valence-electron chi connectivity index (χ0n) is 8.53. The van der Waals surface area contributed by atoms with Gasteiger partial charge in [0.25, 0.3) is 0 Å². The van der Waals surface area contributed by atoms with E-state index in [2.05, 4.69) is 33.4 Å². The van der Waals surface area contributed by atoms with Crippen LogP contribution in [0.15, 0.2) is 24.3 Å². The zero-order chi connectivity index (χ0) is 9.40. The summed E-state index contributed by atoms with van der Waals surface area (Å²) in [5, 5.41) is 0. The van der Waals surface area contributed by atoms with E-state index in [0.717, 1.165) is 12.8 Å². The van der Waals surface area contributed by atoms with Gasteiger partial charge in [0, 0.05) is 6.42 Å². The molecule has 0 aliphatic carbocycles. The van der Waals surface area contributed by atoms with Crippen LogP contribution in [0, 0.1) is 6.42 Å². The fraction of sp³-hybridized carbons (Fsp3) is 0.583. The van der Waals surface area contributed by atoms with Crippen molar-refractivity contribution >= 4 is 0 Å². The molecule has 0 aromatic rings. The number of hydrogen-bond donors (Lipinski definition) is 0. The molecule has 1 radical (unpaired) electrons. The summed E-state index contributed by atoms with van der Waals surface area (Å²) < 4.78 is 0. The summed E-state index contributed by atoms with van der Waals surface area (Å²) >= 11 is 0. The highest BCUT2D eigenvalue weighted by Crippen LogP contribution is 2.15. The Kier molecular flexibility index (Phi) is 6.84. The summed E-state index contributed by atoms with van der Waals surface area (Å²) in [6.45, 7) is 12.4. The lowest BCUT2D eigenvalue weighted by atomic mass is 10.0. The molecule has 0 amide bonds. The smallest absolute Gasteiger partial charge is 0.0104 e. The fourth-order valence-electron chi connectivity index (χ4n) is 1.16. The van der Waals surface area contributed by atoms with E-state index in [9.17, 15) is 0 Å².